The number of rotatable bonds is 8. The summed E-state index contributed by atoms with van der Waals surface area (Å²) >= 11 is 0. The van der Waals surface area contributed by atoms with Crippen LogP contribution in [0.5, 0.6) is 5.75 Å². The number of likely N-dealkylation sites (N-methyl/N-ethyl adjacent to an activating group) is 1. The Labute approximate surface area is 209 Å². The van der Waals surface area contributed by atoms with Crippen LogP contribution in [0.15, 0.2) is 71.6 Å². The minimum atomic E-state index is -3.98. The van der Waals surface area contributed by atoms with Crippen LogP contribution < -0.4 is 15.0 Å². The molecule has 2 amide bonds. The number of amides is 2. The van der Waals surface area contributed by atoms with Crippen molar-refractivity contribution in [3.63, 3.8) is 0 Å². The fourth-order valence-electron chi connectivity index (χ4n) is 4.04. The molecule has 0 spiro atoms. The number of methoxy groups -OCH3 is 1. The predicted octanol–water partition coefficient (Wildman–Crippen LogP) is 3.69. The molecule has 188 valence electrons. The highest BCUT2D eigenvalue weighted by atomic mass is 32.2. The summed E-state index contributed by atoms with van der Waals surface area (Å²) in [6.45, 7) is 1.77. The number of ether oxygens (including phenoxy) is 1. The Morgan fingerprint density at radius 1 is 1.06 bits per heavy atom. The van der Waals surface area contributed by atoms with Gasteiger partial charge in [-0.15, -0.1) is 0 Å². The summed E-state index contributed by atoms with van der Waals surface area (Å²) in [5, 5.41) is 2.72. The van der Waals surface area contributed by atoms with Crippen molar-refractivity contribution in [1.29, 1.82) is 0 Å². The van der Waals surface area contributed by atoms with Gasteiger partial charge in [-0.2, -0.15) is 4.31 Å². The van der Waals surface area contributed by atoms with Gasteiger partial charge in [0.15, 0.2) is 0 Å². The number of sulfonamides is 1. The Morgan fingerprint density at radius 3 is 2.39 bits per heavy atom. The number of halogens is 1. The molecule has 0 saturated heterocycles. The van der Waals surface area contributed by atoms with E-state index in [1.54, 1.807) is 55.3 Å². The normalized spacial score (nSPS) is 12.9. The van der Waals surface area contributed by atoms with Crippen molar-refractivity contribution < 1.29 is 27.1 Å². The topological polar surface area (TPSA) is 96.0 Å². The number of hydrogen-bond donors (Lipinski definition) is 1. The Balaban J connectivity index is 1.48. The maximum Gasteiger partial charge on any atom is 0.258 e. The SMILES string of the molecule is CCN(CC(=O)Nc1ccc2c(c1)N(C(=O)c1ccc(OC)cc1)CC2)S(=O)(=O)c1ccc(F)cc1. The lowest BCUT2D eigenvalue weighted by Gasteiger charge is -2.21. The highest BCUT2D eigenvalue weighted by molar-refractivity contribution is 7.89. The molecule has 8 nitrogen and oxygen atoms in total. The number of fused-ring (bicyclic) bond motifs is 1. The number of nitrogens with one attached hydrogen (secondary N) is 1. The summed E-state index contributed by atoms with van der Waals surface area (Å²) in [6.07, 6.45) is 0.685. The predicted molar refractivity (Wildman–Crippen MR) is 134 cm³/mol. The molecule has 0 radical (unpaired) electrons. The molecule has 0 fully saturated rings. The van der Waals surface area contributed by atoms with Crippen molar-refractivity contribution >= 4 is 33.2 Å². The maximum atomic E-state index is 13.2. The van der Waals surface area contributed by atoms with E-state index < -0.39 is 28.3 Å². The van der Waals surface area contributed by atoms with Crippen LogP contribution in [-0.4, -0.2) is 51.3 Å². The van der Waals surface area contributed by atoms with E-state index in [1.165, 1.54) is 12.1 Å². The molecule has 1 heterocycles. The van der Waals surface area contributed by atoms with Crippen LogP contribution in [0.25, 0.3) is 0 Å². The quantitative estimate of drug-likeness (QED) is 0.498. The van der Waals surface area contributed by atoms with Crippen molar-refractivity contribution in [1.82, 2.24) is 4.31 Å². The summed E-state index contributed by atoms with van der Waals surface area (Å²) in [6, 6.07) is 16.6. The molecule has 1 aliphatic heterocycles. The van der Waals surface area contributed by atoms with E-state index in [0.29, 0.717) is 35.7 Å². The Morgan fingerprint density at radius 2 is 1.75 bits per heavy atom. The molecule has 0 bridgehead atoms. The Bertz CT molecular complexity index is 1380. The standard InChI is InChI=1S/C26H26FN3O5S/c1-3-29(36(33,34)23-12-7-20(27)8-13-23)17-25(31)28-21-9-4-18-14-15-30(24(18)16-21)26(32)19-5-10-22(35-2)11-6-19/h4-13,16H,3,14-15,17H2,1-2H3,(H,28,31). The number of carbonyl (C=O) groups is 2. The average Bonchev–Trinajstić information content (AvgIpc) is 3.30. The molecule has 0 atom stereocenters. The summed E-state index contributed by atoms with van der Waals surface area (Å²) in [7, 11) is -2.42. The van der Waals surface area contributed by atoms with Crippen LogP contribution in [0.2, 0.25) is 0 Å². The zero-order valence-corrected chi connectivity index (χ0v) is 20.7. The van der Waals surface area contributed by atoms with Gasteiger partial charge in [-0.25, -0.2) is 12.8 Å². The van der Waals surface area contributed by atoms with E-state index in [1.807, 2.05) is 6.07 Å². The second-order valence-corrected chi connectivity index (χ2v) is 10.2. The molecule has 1 N–H and O–H groups in total. The van der Waals surface area contributed by atoms with Crippen LogP contribution in [0, 0.1) is 5.82 Å². The molecule has 0 aliphatic carbocycles. The first-order chi connectivity index (χ1) is 17.2. The molecule has 0 unspecified atom stereocenters. The van der Waals surface area contributed by atoms with E-state index in [2.05, 4.69) is 5.32 Å². The van der Waals surface area contributed by atoms with Crippen LogP contribution in [0.4, 0.5) is 15.8 Å². The van der Waals surface area contributed by atoms with Gasteiger partial charge in [0.05, 0.1) is 18.6 Å². The number of hydrogen-bond acceptors (Lipinski definition) is 5. The lowest BCUT2D eigenvalue weighted by molar-refractivity contribution is -0.116. The zero-order chi connectivity index (χ0) is 25.9. The van der Waals surface area contributed by atoms with E-state index in [4.69, 9.17) is 4.74 Å². The van der Waals surface area contributed by atoms with Gasteiger partial charge in [0.25, 0.3) is 5.91 Å². The molecular weight excluding hydrogens is 485 g/mol. The lowest BCUT2D eigenvalue weighted by atomic mass is 10.1. The smallest absolute Gasteiger partial charge is 0.258 e. The molecule has 1 aliphatic rings. The molecule has 36 heavy (non-hydrogen) atoms. The van der Waals surface area contributed by atoms with E-state index in [-0.39, 0.29) is 17.3 Å². The first-order valence-corrected chi connectivity index (χ1v) is 12.8. The molecule has 3 aromatic carbocycles. The van der Waals surface area contributed by atoms with Crippen LogP contribution in [-0.2, 0) is 21.2 Å². The number of anilines is 2. The number of nitrogens with zero attached hydrogens (tertiary/aromatic N) is 2. The molecule has 10 heteroatoms. The highest BCUT2D eigenvalue weighted by Crippen LogP contribution is 2.32. The molecule has 0 saturated carbocycles. The summed E-state index contributed by atoms with van der Waals surface area (Å²) < 4.78 is 45.1. The Hall–Kier alpha value is -3.76. The molecule has 4 rings (SSSR count). The second kappa shape index (κ2) is 10.5. The summed E-state index contributed by atoms with van der Waals surface area (Å²) in [5.41, 5.74) is 2.63. The minimum Gasteiger partial charge on any atom is -0.497 e. The maximum absolute atomic E-state index is 13.2. The summed E-state index contributed by atoms with van der Waals surface area (Å²) in [4.78, 5) is 27.4. The van der Waals surface area contributed by atoms with Crippen LogP contribution in [0.1, 0.15) is 22.8 Å². The number of benzene rings is 3. The van der Waals surface area contributed by atoms with Crippen molar-refractivity contribution in [2.75, 3.05) is 37.0 Å². The van der Waals surface area contributed by atoms with Crippen molar-refractivity contribution in [2.45, 2.75) is 18.2 Å². The molecule has 0 aromatic heterocycles. The van der Waals surface area contributed by atoms with Gasteiger partial charge >= 0.3 is 0 Å². The first-order valence-electron chi connectivity index (χ1n) is 11.4. The van der Waals surface area contributed by atoms with Crippen molar-refractivity contribution in [2.24, 2.45) is 0 Å². The minimum absolute atomic E-state index is 0.0570. The average molecular weight is 512 g/mol. The van der Waals surface area contributed by atoms with E-state index in [9.17, 15) is 22.4 Å². The Kier molecular flexibility index (Phi) is 7.37. The van der Waals surface area contributed by atoms with Crippen LogP contribution in [0.3, 0.4) is 0 Å². The third-order valence-corrected chi connectivity index (χ3v) is 7.91. The lowest BCUT2D eigenvalue weighted by Crippen LogP contribution is -2.37. The monoisotopic (exact) mass is 511 g/mol. The van der Waals surface area contributed by atoms with E-state index in [0.717, 1.165) is 22.0 Å². The highest BCUT2D eigenvalue weighted by Gasteiger charge is 2.28. The zero-order valence-electron chi connectivity index (χ0n) is 19.9. The van der Waals surface area contributed by atoms with Gasteiger partial charge in [0, 0.05) is 30.0 Å². The third kappa shape index (κ3) is 5.24. The molecule has 3 aromatic rings. The third-order valence-electron chi connectivity index (χ3n) is 5.97. The van der Waals surface area contributed by atoms with Gasteiger partial charge in [-0.3, -0.25) is 9.59 Å². The van der Waals surface area contributed by atoms with E-state index >= 15 is 0 Å². The summed E-state index contributed by atoms with van der Waals surface area (Å²) in [5.74, 6) is -0.595. The fourth-order valence-corrected chi connectivity index (χ4v) is 5.45. The fraction of sp³-hybridized carbons (Fsp3) is 0.231. The largest absolute Gasteiger partial charge is 0.497 e. The van der Waals surface area contributed by atoms with Gasteiger partial charge in [-0.05, 0) is 72.6 Å². The number of carbonyl (C=O) groups excluding carboxylic acids is 2. The van der Waals surface area contributed by atoms with Crippen molar-refractivity contribution in [3.05, 3.63) is 83.7 Å². The second-order valence-electron chi connectivity index (χ2n) is 8.21. The molecular formula is C26H26FN3O5S. The van der Waals surface area contributed by atoms with Gasteiger partial charge in [-0.1, -0.05) is 13.0 Å². The van der Waals surface area contributed by atoms with Gasteiger partial charge < -0.3 is 15.0 Å². The van der Waals surface area contributed by atoms with Crippen molar-refractivity contribution in [3.8, 4) is 5.75 Å². The first kappa shape index (κ1) is 25.3. The van der Waals surface area contributed by atoms with Gasteiger partial charge in [0.2, 0.25) is 15.9 Å². The van der Waals surface area contributed by atoms with Gasteiger partial charge in [0.1, 0.15) is 11.6 Å². The van der Waals surface area contributed by atoms with Crippen LogP contribution >= 0.6 is 0 Å².